The number of nitrogens with two attached hydrogens (primary N) is 1. The molecule has 16 heavy (non-hydrogen) atoms. The molecule has 0 aliphatic carbocycles. The molecule has 2 N–H and O–H groups in total. The van der Waals surface area contributed by atoms with Crippen LogP contribution in [0.5, 0.6) is 0 Å². The van der Waals surface area contributed by atoms with Gasteiger partial charge < -0.3 is 5.73 Å². The van der Waals surface area contributed by atoms with Crippen LogP contribution in [0, 0.1) is 13.8 Å². The third-order valence-corrected chi connectivity index (χ3v) is 4.88. The molecule has 1 aromatic rings. The Morgan fingerprint density at radius 2 is 2.00 bits per heavy atom. The maximum absolute atomic E-state index is 12.3. The lowest BCUT2D eigenvalue weighted by atomic mass is 10.2. The van der Waals surface area contributed by atoms with Gasteiger partial charge in [0, 0.05) is 10.9 Å². The molecule has 0 spiro atoms. The third kappa shape index (κ3) is 2.92. The minimum Gasteiger partial charge on any atom is -0.327 e. The summed E-state index contributed by atoms with van der Waals surface area (Å²) in [6.07, 6.45) is 0.859. The molecule has 90 valence electrons. The summed E-state index contributed by atoms with van der Waals surface area (Å²) < 4.78 is 12.3. The van der Waals surface area contributed by atoms with E-state index >= 15 is 0 Å². The fourth-order valence-corrected chi connectivity index (χ4v) is 3.20. The maximum atomic E-state index is 12.3. The van der Waals surface area contributed by atoms with Gasteiger partial charge in [-0.1, -0.05) is 24.6 Å². The molecule has 0 aliphatic rings. The van der Waals surface area contributed by atoms with E-state index in [2.05, 4.69) is 6.07 Å². The summed E-state index contributed by atoms with van der Waals surface area (Å²) in [5.41, 5.74) is 8.23. The van der Waals surface area contributed by atoms with Crippen LogP contribution >= 0.6 is 0 Å². The summed E-state index contributed by atoms with van der Waals surface area (Å²) in [5, 5.41) is 0.00593. The van der Waals surface area contributed by atoms with Crippen LogP contribution in [0.3, 0.4) is 0 Å². The van der Waals surface area contributed by atoms with E-state index in [-0.39, 0.29) is 11.3 Å². The number of hydrogen-bond acceptors (Lipinski definition) is 2. The van der Waals surface area contributed by atoms with Crippen molar-refractivity contribution in [1.29, 1.82) is 0 Å². The van der Waals surface area contributed by atoms with Crippen LogP contribution < -0.4 is 5.73 Å². The Morgan fingerprint density at radius 1 is 1.38 bits per heavy atom. The van der Waals surface area contributed by atoms with E-state index in [0.717, 1.165) is 16.9 Å². The summed E-state index contributed by atoms with van der Waals surface area (Å²) in [7, 11) is -1.00. The summed E-state index contributed by atoms with van der Waals surface area (Å²) in [6, 6.07) is 6.03. The Bertz CT molecular complexity index is 390. The molecular weight excluding hydrogens is 218 g/mol. The van der Waals surface area contributed by atoms with Crippen LogP contribution in [0.15, 0.2) is 23.1 Å². The lowest BCUT2D eigenvalue weighted by Crippen LogP contribution is -2.35. The Balaban J connectivity index is 2.96. The third-order valence-electron chi connectivity index (χ3n) is 2.96. The van der Waals surface area contributed by atoms with Crippen molar-refractivity contribution in [3.63, 3.8) is 0 Å². The molecule has 3 heteroatoms. The predicted molar refractivity (Wildman–Crippen MR) is 70.1 cm³/mol. The molecule has 0 saturated carbocycles. The fourth-order valence-electron chi connectivity index (χ4n) is 1.72. The number of benzene rings is 1. The second-order valence-electron chi connectivity index (χ2n) is 4.34. The average Bonchev–Trinajstić information content (AvgIpc) is 2.26. The minimum atomic E-state index is -1.00. The summed E-state index contributed by atoms with van der Waals surface area (Å²) in [6.45, 7) is 8.04. The van der Waals surface area contributed by atoms with E-state index in [1.807, 2.05) is 39.8 Å². The Labute approximate surface area is 101 Å². The fraction of sp³-hybridized carbons (Fsp3) is 0.538. The molecule has 1 aromatic carbocycles. The average molecular weight is 239 g/mol. The highest BCUT2D eigenvalue weighted by molar-refractivity contribution is 7.85. The van der Waals surface area contributed by atoms with Gasteiger partial charge in [-0.3, -0.25) is 4.21 Å². The normalized spacial score (nSPS) is 16.8. The first kappa shape index (κ1) is 13.4. The van der Waals surface area contributed by atoms with Gasteiger partial charge in [0.2, 0.25) is 0 Å². The minimum absolute atomic E-state index is 0.00142. The largest absolute Gasteiger partial charge is 0.327 e. The van der Waals surface area contributed by atoms with Gasteiger partial charge in [-0.15, -0.1) is 0 Å². The van der Waals surface area contributed by atoms with Gasteiger partial charge in [0.05, 0.1) is 16.0 Å². The van der Waals surface area contributed by atoms with Gasteiger partial charge in [-0.05, 0) is 38.8 Å². The van der Waals surface area contributed by atoms with Crippen LogP contribution in [0.4, 0.5) is 0 Å². The second kappa shape index (κ2) is 5.60. The van der Waals surface area contributed by atoms with Gasteiger partial charge in [0.25, 0.3) is 0 Å². The van der Waals surface area contributed by atoms with E-state index in [9.17, 15) is 4.21 Å². The SMILES string of the molecule is CCC(N)C(C)S(=O)c1ccc(C)cc1C. The molecule has 0 fully saturated rings. The van der Waals surface area contributed by atoms with E-state index in [1.165, 1.54) is 5.56 Å². The molecule has 0 amide bonds. The Hall–Kier alpha value is -0.670. The number of aryl methyl sites for hydroxylation is 2. The van der Waals surface area contributed by atoms with E-state index in [4.69, 9.17) is 5.73 Å². The summed E-state index contributed by atoms with van der Waals surface area (Å²) in [4.78, 5) is 0.919. The Morgan fingerprint density at radius 3 is 2.50 bits per heavy atom. The van der Waals surface area contributed by atoms with Crippen molar-refractivity contribution in [2.24, 2.45) is 5.73 Å². The van der Waals surface area contributed by atoms with Crippen molar-refractivity contribution in [1.82, 2.24) is 0 Å². The smallest absolute Gasteiger partial charge is 0.0576 e. The molecule has 0 bridgehead atoms. The highest BCUT2D eigenvalue weighted by Crippen LogP contribution is 2.19. The first-order valence-corrected chi connectivity index (χ1v) is 6.92. The standard InChI is InChI=1S/C13H21NOS/c1-5-12(14)11(4)16(15)13-7-6-9(2)8-10(13)3/h6-8,11-12H,5,14H2,1-4H3. The molecule has 2 nitrogen and oxygen atoms in total. The first-order chi connectivity index (χ1) is 7.47. The zero-order valence-electron chi connectivity index (χ0n) is 10.5. The summed E-state index contributed by atoms with van der Waals surface area (Å²) >= 11 is 0. The monoisotopic (exact) mass is 239 g/mol. The van der Waals surface area contributed by atoms with Gasteiger partial charge in [0.15, 0.2) is 0 Å². The molecular formula is C13H21NOS. The van der Waals surface area contributed by atoms with Crippen LogP contribution in [-0.2, 0) is 10.8 Å². The van der Waals surface area contributed by atoms with E-state index in [1.54, 1.807) is 0 Å². The molecule has 0 saturated heterocycles. The second-order valence-corrected chi connectivity index (χ2v) is 6.12. The topological polar surface area (TPSA) is 43.1 Å². The molecule has 1 rings (SSSR count). The van der Waals surface area contributed by atoms with Crippen molar-refractivity contribution < 1.29 is 4.21 Å². The van der Waals surface area contributed by atoms with Gasteiger partial charge >= 0.3 is 0 Å². The van der Waals surface area contributed by atoms with Crippen molar-refractivity contribution in [3.05, 3.63) is 29.3 Å². The quantitative estimate of drug-likeness (QED) is 0.877. The van der Waals surface area contributed by atoms with Gasteiger partial charge in [0.1, 0.15) is 0 Å². The van der Waals surface area contributed by atoms with Crippen molar-refractivity contribution in [2.45, 2.75) is 50.3 Å². The van der Waals surface area contributed by atoms with Crippen molar-refractivity contribution in [3.8, 4) is 0 Å². The van der Waals surface area contributed by atoms with Gasteiger partial charge in [-0.25, -0.2) is 0 Å². The highest BCUT2D eigenvalue weighted by Gasteiger charge is 2.20. The molecule has 3 atom stereocenters. The lowest BCUT2D eigenvalue weighted by Gasteiger charge is -2.19. The first-order valence-electron chi connectivity index (χ1n) is 5.70. The zero-order chi connectivity index (χ0) is 12.3. The van der Waals surface area contributed by atoms with Crippen LogP contribution in [0.25, 0.3) is 0 Å². The molecule has 0 radical (unpaired) electrons. The van der Waals surface area contributed by atoms with E-state index in [0.29, 0.717) is 0 Å². The predicted octanol–water partition coefficient (Wildman–Crippen LogP) is 2.54. The van der Waals surface area contributed by atoms with Crippen LogP contribution in [-0.4, -0.2) is 15.5 Å². The van der Waals surface area contributed by atoms with Gasteiger partial charge in [-0.2, -0.15) is 0 Å². The highest BCUT2D eigenvalue weighted by atomic mass is 32.2. The lowest BCUT2D eigenvalue weighted by molar-refractivity contribution is 0.610. The summed E-state index contributed by atoms with van der Waals surface area (Å²) in [5.74, 6) is 0. The van der Waals surface area contributed by atoms with Crippen LogP contribution in [0.1, 0.15) is 31.4 Å². The zero-order valence-corrected chi connectivity index (χ0v) is 11.3. The number of rotatable bonds is 4. The number of hydrogen-bond donors (Lipinski definition) is 1. The Kier molecular flexibility index (Phi) is 4.69. The van der Waals surface area contributed by atoms with Crippen molar-refractivity contribution >= 4 is 10.8 Å². The van der Waals surface area contributed by atoms with E-state index < -0.39 is 10.8 Å². The van der Waals surface area contributed by atoms with Crippen molar-refractivity contribution in [2.75, 3.05) is 0 Å². The molecule has 3 unspecified atom stereocenters. The molecule has 0 heterocycles. The molecule has 0 aromatic heterocycles. The molecule has 0 aliphatic heterocycles. The van der Waals surface area contributed by atoms with Crippen LogP contribution in [0.2, 0.25) is 0 Å². The maximum Gasteiger partial charge on any atom is 0.0576 e.